The van der Waals surface area contributed by atoms with Crippen molar-refractivity contribution >= 4 is 23.9 Å². The molecule has 4 atom stereocenters. The van der Waals surface area contributed by atoms with Gasteiger partial charge in [0.2, 0.25) is 11.8 Å². The van der Waals surface area contributed by atoms with Gasteiger partial charge in [0.15, 0.2) is 0 Å². The molecule has 0 aromatic heterocycles. The normalized spacial score (nSPS) is 33.4. The van der Waals surface area contributed by atoms with Crippen LogP contribution in [0.25, 0.3) is 6.08 Å². The van der Waals surface area contributed by atoms with E-state index in [0.29, 0.717) is 13.0 Å². The van der Waals surface area contributed by atoms with Crippen molar-refractivity contribution in [3.8, 4) is 0 Å². The van der Waals surface area contributed by atoms with E-state index < -0.39 is 23.3 Å². The van der Waals surface area contributed by atoms with Gasteiger partial charge >= 0.3 is 5.97 Å². The SMILES string of the molecule is COC(=O)[C@]12CCCCN1[C@@H](/C=C/c1ccccc1)[C@H]1C(=O)N(C)C(=O)[C@H]12. The number of imide groups is 1. The molecule has 2 amide bonds. The van der Waals surface area contributed by atoms with Crippen LogP contribution in [0, 0.1) is 11.8 Å². The first-order valence-electron chi connectivity index (χ1n) is 9.42. The van der Waals surface area contributed by atoms with Crippen molar-refractivity contribution in [2.24, 2.45) is 11.8 Å². The monoisotopic (exact) mass is 368 g/mol. The molecule has 0 spiro atoms. The Morgan fingerprint density at radius 3 is 2.63 bits per heavy atom. The van der Waals surface area contributed by atoms with Gasteiger partial charge in [-0.2, -0.15) is 0 Å². The zero-order valence-corrected chi connectivity index (χ0v) is 15.6. The van der Waals surface area contributed by atoms with Gasteiger partial charge in [-0.05, 0) is 31.4 Å². The van der Waals surface area contributed by atoms with Gasteiger partial charge in [-0.1, -0.05) is 42.5 Å². The van der Waals surface area contributed by atoms with Crippen LogP contribution in [0.4, 0.5) is 0 Å². The van der Waals surface area contributed by atoms with Crippen LogP contribution in [0.15, 0.2) is 36.4 Å². The number of rotatable bonds is 3. The molecule has 1 aromatic carbocycles. The lowest BCUT2D eigenvalue weighted by molar-refractivity contribution is -0.163. The first kappa shape index (κ1) is 17.9. The van der Waals surface area contributed by atoms with Crippen LogP contribution < -0.4 is 0 Å². The van der Waals surface area contributed by atoms with E-state index in [1.54, 1.807) is 0 Å². The van der Waals surface area contributed by atoms with E-state index in [0.717, 1.165) is 18.4 Å². The first-order valence-corrected chi connectivity index (χ1v) is 9.42. The van der Waals surface area contributed by atoms with Crippen molar-refractivity contribution in [3.63, 3.8) is 0 Å². The van der Waals surface area contributed by atoms with Crippen LogP contribution in [-0.2, 0) is 19.1 Å². The van der Waals surface area contributed by atoms with Crippen LogP contribution in [0.2, 0.25) is 0 Å². The molecule has 1 aromatic rings. The number of piperidine rings is 1. The highest BCUT2D eigenvalue weighted by Gasteiger charge is 2.71. The number of esters is 1. The number of hydrogen-bond acceptors (Lipinski definition) is 5. The molecule has 0 N–H and O–H groups in total. The van der Waals surface area contributed by atoms with E-state index in [1.165, 1.54) is 19.1 Å². The molecule has 0 saturated carbocycles. The fraction of sp³-hybridized carbons (Fsp3) is 0.476. The van der Waals surface area contributed by atoms with Gasteiger partial charge in [0.25, 0.3) is 0 Å². The summed E-state index contributed by atoms with van der Waals surface area (Å²) >= 11 is 0. The van der Waals surface area contributed by atoms with Gasteiger partial charge in [-0.15, -0.1) is 0 Å². The molecule has 3 fully saturated rings. The Hall–Kier alpha value is -2.47. The molecule has 142 valence electrons. The first-order chi connectivity index (χ1) is 13.0. The van der Waals surface area contributed by atoms with Crippen LogP contribution in [-0.4, -0.2) is 59.9 Å². The molecule has 0 radical (unpaired) electrons. The van der Waals surface area contributed by atoms with Crippen molar-refractivity contribution < 1.29 is 19.1 Å². The maximum absolute atomic E-state index is 12.9. The number of nitrogens with zero attached hydrogens (tertiary/aromatic N) is 2. The van der Waals surface area contributed by atoms with E-state index in [4.69, 9.17) is 4.74 Å². The smallest absolute Gasteiger partial charge is 0.327 e. The number of fused-ring (bicyclic) bond motifs is 3. The molecule has 0 aliphatic carbocycles. The minimum absolute atomic E-state index is 0.203. The zero-order valence-electron chi connectivity index (χ0n) is 15.6. The summed E-state index contributed by atoms with van der Waals surface area (Å²) < 4.78 is 5.15. The third kappa shape index (κ3) is 2.46. The van der Waals surface area contributed by atoms with E-state index in [9.17, 15) is 14.4 Å². The maximum Gasteiger partial charge on any atom is 0.327 e. The Morgan fingerprint density at radius 2 is 1.93 bits per heavy atom. The zero-order chi connectivity index (χ0) is 19.2. The molecule has 3 heterocycles. The summed E-state index contributed by atoms with van der Waals surface area (Å²) in [5.74, 6) is -2.08. The lowest BCUT2D eigenvalue weighted by Crippen LogP contribution is -2.60. The van der Waals surface area contributed by atoms with Crippen LogP contribution in [0.3, 0.4) is 0 Å². The summed E-state index contributed by atoms with van der Waals surface area (Å²) in [7, 11) is 2.87. The van der Waals surface area contributed by atoms with Gasteiger partial charge in [0, 0.05) is 13.1 Å². The molecule has 3 aliphatic heterocycles. The third-order valence-electron chi connectivity index (χ3n) is 6.36. The average molecular weight is 368 g/mol. The van der Waals surface area contributed by atoms with Crippen molar-refractivity contribution in [3.05, 3.63) is 42.0 Å². The number of methoxy groups -OCH3 is 1. The highest BCUT2D eigenvalue weighted by Crippen LogP contribution is 2.53. The molecule has 4 rings (SSSR count). The number of amides is 2. The number of carbonyl (C=O) groups is 3. The van der Waals surface area contributed by atoms with Crippen molar-refractivity contribution in [2.45, 2.75) is 30.8 Å². The van der Waals surface area contributed by atoms with Gasteiger partial charge in [-0.25, -0.2) is 0 Å². The molecule has 6 heteroatoms. The summed E-state index contributed by atoms with van der Waals surface area (Å²) in [6, 6.07) is 9.53. The number of carbonyl (C=O) groups excluding carboxylic acids is 3. The predicted octanol–water partition coefficient (Wildman–Crippen LogP) is 1.71. The molecule has 6 nitrogen and oxygen atoms in total. The van der Waals surface area contributed by atoms with Crippen LogP contribution in [0.5, 0.6) is 0 Å². The van der Waals surface area contributed by atoms with Crippen LogP contribution >= 0.6 is 0 Å². The van der Waals surface area contributed by atoms with Gasteiger partial charge < -0.3 is 4.74 Å². The van der Waals surface area contributed by atoms with Crippen molar-refractivity contribution in [1.29, 1.82) is 0 Å². The summed E-state index contributed by atoms with van der Waals surface area (Å²) in [6.45, 7) is 0.677. The second-order valence-corrected chi connectivity index (χ2v) is 7.57. The largest absolute Gasteiger partial charge is 0.468 e. The fourth-order valence-electron chi connectivity index (χ4n) is 5.16. The van der Waals surface area contributed by atoms with Crippen molar-refractivity contribution in [2.75, 3.05) is 20.7 Å². The van der Waals surface area contributed by atoms with Crippen LogP contribution in [0.1, 0.15) is 24.8 Å². The minimum Gasteiger partial charge on any atom is -0.468 e. The lowest BCUT2D eigenvalue weighted by Gasteiger charge is -2.43. The molecule has 3 saturated heterocycles. The third-order valence-corrected chi connectivity index (χ3v) is 6.36. The maximum atomic E-state index is 12.9. The highest BCUT2D eigenvalue weighted by molar-refractivity contribution is 6.09. The van der Waals surface area contributed by atoms with Gasteiger partial charge in [0.1, 0.15) is 5.54 Å². The number of hydrogen-bond donors (Lipinski definition) is 0. The van der Waals surface area contributed by atoms with E-state index in [2.05, 4.69) is 4.90 Å². The Kier molecular flexibility index (Phi) is 4.38. The molecular weight excluding hydrogens is 344 g/mol. The molecule has 27 heavy (non-hydrogen) atoms. The topological polar surface area (TPSA) is 66.9 Å². The Labute approximate surface area is 158 Å². The van der Waals surface area contributed by atoms with Crippen molar-refractivity contribution in [1.82, 2.24) is 9.80 Å². The summed E-state index contributed by atoms with van der Waals surface area (Å²) in [5, 5.41) is 0. The quantitative estimate of drug-likeness (QED) is 0.600. The van der Waals surface area contributed by atoms with E-state index in [-0.39, 0.29) is 17.9 Å². The number of likely N-dealkylation sites (tertiary alicyclic amines) is 1. The predicted molar refractivity (Wildman–Crippen MR) is 99.3 cm³/mol. The molecular formula is C21H24N2O4. The highest BCUT2D eigenvalue weighted by atomic mass is 16.5. The Balaban J connectivity index is 1.81. The Morgan fingerprint density at radius 1 is 1.19 bits per heavy atom. The lowest BCUT2D eigenvalue weighted by atomic mass is 9.75. The average Bonchev–Trinajstić information content (AvgIpc) is 3.13. The summed E-state index contributed by atoms with van der Waals surface area (Å²) in [5.41, 5.74) is -0.0207. The summed E-state index contributed by atoms with van der Waals surface area (Å²) in [6.07, 6.45) is 6.28. The standard InChI is InChI=1S/C21H24N2O4/c1-22-18(24)16-15(11-10-14-8-4-3-5-9-14)23-13-7-6-12-21(23,20(26)27-2)17(16)19(22)25/h3-5,8-11,15-17H,6-7,12-13H2,1-2H3/b11-10+/t15-,16+,17-,21+/m0/s1. The molecule has 0 bridgehead atoms. The molecule has 0 unspecified atom stereocenters. The second-order valence-electron chi connectivity index (χ2n) is 7.57. The Bertz CT molecular complexity index is 806. The summed E-state index contributed by atoms with van der Waals surface area (Å²) in [4.78, 5) is 42.0. The number of ether oxygens (including phenoxy) is 1. The minimum atomic E-state index is -1.04. The van der Waals surface area contributed by atoms with Gasteiger partial charge in [-0.3, -0.25) is 24.2 Å². The van der Waals surface area contributed by atoms with E-state index in [1.807, 2.05) is 42.5 Å². The molecule has 3 aliphatic rings. The van der Waals surface area contributed by atoms with E-state index >= 15 is 0 Å². The van der Waals surface area contributed by atoms with Gasteiger partial charge in [0.05, 0.1) is 18.9 Å². The second kappa shape index (κ2) is 6.60. The number of benzene rings is 1. The fourth-order valence-corrected chi connectivity index (χ4v) is 5.16.